The number of likely N-dealkylation sites (tertiary alicyclic amines) is 1. The third-order valence-corrected chi connectivity index (χ3v) is 7.85. The second kappa shape index (κ2) is 10.3. The molecule has 0 N–H and O–H groups in total. The summed E-state index contributed by atoms with van der Waals surface area (Å²) in [4.78, 5) is 31.4. The summed E-state index contributed by atoms with van der Waals surface area (Å²) in [5.41, 5.74) is 4.80. The van der Waals surface area contributed by atoms with E-state index in [4.69, 9.17) is 9.47 Å². The third-order valence-electron chi connectivity index (χ3n) is 7.85. The number of carbonyl (C=O) groups is 2. The lowest BCUT2D eigenvalue weighted by Crippen LogP contribution is -2.51. The summed E-state index contributed by atoms with van der Waals surface area (Å²) in [5, 5.41) is 0. The van der Waals surface area contributed by atoms with Crippen LogP contribution >= 0.6 is 0 Å². The van der Waals surface area contributed by atoms with Gasteiger partial charge in [-0.3, -0.25) is 9.59 Å². The molecule has 1 fully saturated rings. The summed E-state index contributed by atoms with van der Waals surface area (Å²) in [6.45, 7) is 4.33. The number of rotatable bonds is 5. The number of fused-ring (bicyclic) bond motifs is 1. The average molecular weight is 499 g/mol. The van der Waals surface area contributed by atoms with Gasteiger partial charge in [-0.2, -0.15) is 0 Å². The first-order valence-corrected chi connectivity index (χ1v) is 12.8. The molecule has 0 unspecified atom stereocenters. The van der Waals surface area contributed by atoms with Gasteiger partial charge in [0, 0.05) is 37.8 Å². The fraction of sp³-hybridized carbons (Fsp3) is 0.355. The molecule has 37 heavy (non-hydrogen) atoms. The number of piperidine rings is 1. The zero-order chi connectivity index (χ0) is 26.0. The Kier molecular flexibility index (Phi) is 6.92. The van der Waals surface area contributed by atoms with Crippen molar-refractivity contribution in [3.63, 3.8) is 0 Å². The normalized spacial score (nSPS) is 16.8. The summed E-state index contributed by atoms with van der Waals surface area (Å²) in [6, 6.07) is 22.0. The Morgan fingerprint density at radius 2 is 1.51 bits per heavy atom. The second-order valence-corrected chi connectivity index (χ2v) is 10.3. The van der Waals surface area contributed by atoms with Gasteiger partial charge in [0.25, 0.3) is 5.91 Å². The van der Waals surface area contributed by atoms with E-state index in [1.54, 1.807) is 32.4 Å². The molecule has 1 saturated heterocycles. The number of nitrogens with zero attached hydrogens (tertiary/aromatic N) is 2. The highest BCUT2D eigenvalue weighted by Gasteiger charge is 2.46. The van der Waals surface area contributed by atoms with Gasteiger partial charge in [-0.05, 0) is 55.0 Å². The number of amides is 2. The predicted molar refractivity (Wildman–Crippen MR) is 143 cm³/mol. The Labute approximate surface area is 218 Å². The molecule has 5 rings (SSSR count). The van der Waals surface area contributed by atoms with Gasteiger partial charge in [-0.25, -0.2) is 0 Å². The number of hydrogen-bond donors (Lipinski definition) is 0. The minimum atomic E-state index is -0.514. The van der Waals surface area contributed by atoms with E-state index in [0.717, 1.165) is 5.56 Å². The number of aryl methyl sites for hydroxylation is 1. The zero-order valence-electron chi connectivity index (χ0n) is 21.8. The van der Waals surface area contributed by atoms with Crippen LogP contribution in [0.25, 0.3) is 0 Å². The first-order chi connectivity index (χ1) is 17.9. The van der Waals surface area contributed by atoms with E-state index in [9.17, 15) is 9.59 Å². The summed E-state index contributed by atoms with van der Waals surface area (Å²) >= 11 is 0. The van der Waals surface area contributed by atoms with Crippen molar-refractivity contribution in [2.45, 2.75) is 39.3 Å². The molecule has 0 radical (unpaired) electrons. The number of hydrogen-bond acceptors (Lipinski definition) is 4. The lowest BCUT2D eigenvalue weighted by atomic mass is 9.72. The molecule has 3 aromatic rings. The molecule has 2 aliphatic rings. The Hall–Kier alpha value is -3.80. The van der Waals surface area contributed by atoms with Crippen molar-refractivity contribution < 1.29 is 19.1 Å². The van der Waals surface area contributed by atoms with E-state index in [-0.39, 0.29) is 11.8 Å². The van der Waals surface area contributed by atoms with Crippen molar-refractivity contribution in [3.05, 3.63) is 94.5 Å². The first kappa shape index (κ1) is 24.9. The third kappa shape index (κ3) is 5.06. The van der Waals surface area contributed by atoms with Gasteiger partial charge in [0.1, 0.15) is 11.5 Å². The van der Waals surface area contributed by atoms with Crippen molar-refractivity contribution in [3.8, 4) is 11.5 Å². The molecule has 2 heterocycles. The molecule has 0 aromatic heterocycles. The maximum absolute atomic E-state index is 14.2. The van der Waals surface area contributed by atoms with Crippen molar-refractivity contribution in [1.82, 2.24) is 9.80 Å². The molecule has 192 valence electrons. The highest BCUT2D eigenvalue weighted by Crippen LogP contribution is 2.41. The molecule has 6 heteroatoms. The summed E-state index contributed by atoms with van der Waals surface area (Å²) in [7, 11) is 3.15. The van der Waals surface area contributed by atoms with Crippen LogP contribution < -0.4 is 9.47 Å². The summed E-state index contributed by atoms with van der Waals surface area (Å²) < 4.78 is 10.7. The molecule has 6 nitrogen and oxygen atoms in total. The fourth-order valence-electron chi connectivity index (χ4n) is 5.62. The second-order valence-electron chi connectivity index (χ2n) is 10.3. The molecular weight excluding hydrogens is 464 g/mol. The van der Waals surface area contributed by atoms with Crippen LogP contribution in [0.4, 0.5) is 0 Å². The highest BCUT2D eigenvalue weighted by atomic mass is 16.5. The van der Waals surface area contributed by atoms with Crippen LogP contribution in [0.5, 0.6) is 11.5 Å². The Morgan fingerprint density at radius 3 is 2.14 bits per heavy atom. The molecule has 2 amide bonds. The van der Waals surface area contributed by atoms with E-state index >= 15 is 0 Å². The van der Waals surface area contributed by atoms with Gasteiger partial charge < -0.3 is 19.3 Å². The topological polar surface area (TPSA) is 59.1 Å². The van der Waals surface area contributed by atoms with Crippen LogP contribution in [0.1, 0.15) is 45.5 Å². The van der Waals surface area contributed by atoms with Crippen LogP contribution in [0.15, 0.2) is 66.7 Å². The largest absolute Gasteiger partial charge is 0.497 e. The SMILES string of the molecule is COc1cc(OC)cc(C(=O)N2CCC3(CC2)Cc2ccccc2CN(Cc2ccc(C)cc2)C3=O)c1. The quantitative estimate of drug-likeness (QED) is 0.496. The molecule has 0 aliphatic carbocycles. The average Bonchev–Trinajstić information content (AvgIpc) is 3.04. The van der Waals surface area contributed by atoms with Gasteiger partial charge in [0.05, 0.1) is 19.6 Å². The monoisotopic (exact) mass is 498 g/mol. The molecule has 0 atom stereocenters. The molecular formula is C31H34N2O4. The van der Waals surface area contributed by atoms with E-state index in [0.29, 0.717) is 62.5 Å². The van der Waals surface area contributed by atoms with Crippen LogP contribution in [-0.2, 0) is 24.3 Å². The van der Waals surface area contributed by atoms with E-state index < -0.39 is 5.41 Å². The maximum atomic E-state index is 14.2. The Morgan fingerprint density at radius 1 is 0.892 bits per heavy atom. The number of benzene rings is 3. The van der Waals surface area contributed by atoms with Gasteiger partial charge >= 0.3 is 0 Å². The first-order valence-electron chi connectivity index (χ1n) is 12.8. The van der Waals surface area contributed by atoms with Crippen LogP contribution in [0.2, 0.25) is 0 Å². The lowest BCUT2D eigenvalue weighted by molar-refractivity contribution is -0.145. The van der Waals surface area contributed by atoms with Gasteiger partial charge in [0.2, 0.25) is 5.91 Å². The van der Waals surface area contributed by atoms with E-state index in [1.807, 2.05) is 9.80 Å². The van der Waals surface area contributed by atoms with Gasteiger partial charge in [-0.15, -0.1) is 0 Å². The number of carbonyl (C=O) groups excluding carboxylic acids is 2. The highest BCUT2D eigenvalue weighted by molar-refractivity contribution is 5.95. The number of ether oxygens (including phenoxy) is 2. The molecule has 1 spiro atoms. The smallest absolute Gasteiger partial charge is 0.254 e. The van der Waals surface area contributed by atoms with Crippen LogP contribution in [0.3, 0.4) is 0 Å². The van der Waals surface area contributed by atoms with E-state index in [1.165, 1.54) is 16.7 Å². The van der Waals surface area contributed by atoms with Crippen molar-refractivity contribution >= 4 is 11.8 Å². The Balaban J connectivity index is 1.39. The summed E-state index contributed by atoms with van der Waals surface area (Å²) in [6.07, 6.45) is 1.98. The maximum Gasteiger partial charge on any atom is 0.254 e. The van der Waals surface area contributed by atoms with Crippen LogP contribution in [-0.4, -0.2) is 48.9 Å². The molecule has 0 saturated carbocycles. The standard InChI is InChI=1S/C31H34N2O4/c1-22-8-10-23(11-9-22)20-33-21-25-7-5-4-6-24(25)19-31(30(33)35)12-14-32(15-13-31)29(34)26-16-27(36-2)18-28(17-26)37-3/h4-11,16-18H,12-15,19-21H2,1-3H3. The van der Waals surface area contributed by atoms with Crippen LogP contribution in [0, 0.1) is 12.3 Å². The molecule has 3 aromatic carbocycles. The van der Waals surface area contributed by atoms with Crippen molar-refractivity contribution in [2.24, 2.45) is 5.41 Å². The van der Waals surface area contributed by atoms with E-state index in [2.05, 4.69) is 55.5 Å². The molecule has 2 aliphatic heterocycles. The fourth-order valence-corrected chi connectivity index (χ4v) is 5.62. The zero-order valence-corrected chi connectivity index (χ0v) is 21.8. The lowest BCUT2D eigenvalue weighted by Gasteiger charge is -2.42. The Bertz CT molecular complexity index is 1270. The predicted octanol–water partition coefficient (Wildman–Crippen LogP) is 5.02. The van der Waals surface area contributed by atoms with Gasteiger partial charge in [0.15, 0.2) is 0 Å². The molecule has 0 bridgehead atoms. The minimum absolute atomic E-state index is 0.0648. The van der Waals surface area contributed by atoms with Crippen molar-refractivity contribution in [2.75, 3.05) is 27.3 Å². The van der Waals surface area contributed by atoms with Crippen molar-refractivity contribution in [1.29, 1.82) is 0 Å². The summed E-state index contributed by atoms with van der Waals surface area (Å²) in [5.74, 6) is 1.29. The number of methoxy groups -OCH3 is 2. The minimum Gasteiger partial charge on any atom is -0.497 e. The van der Waals surface area contributed by atoms with Gasteiger partial charge in [-0.1, -0.05) is 54.1 Å².